The van der Waals surface area contributed by atoms with E-state index in [4.69, 9.17) is 5.73 Å². The van der Waals surface area contributed by atoms with Crippen molar-refractivity contribution >= 4 is 28.6 Å². The molecule has 0 bridgehead atoms. The molecule has 0 spiro atoms. The summed E-state index contributed by atoms with van der Waals surface area (Å²) in [6, 6.07) is 3.21. The van der Waals surface area contributed by atoms with Crippen molar-refractivity contribution in [3.8, 4) is 0 Å². The van der Waals surface area contributed by atoms with Gasteiger partial charge in [-0.3, -0.25) is 4.79 Å². The molecule has 1 amide bonds. The average molecular weight is 281 g/mol. The van der Waals surface area contributed by atoms with Crippen LogP contribution in [0.5, 0.6) is 0 Å². The van der Waals surface area contributed by atoms with E-state index in [0.717, 1.165) is 15.6 Å². The van der Waals surface area contributed by atoms with Gasteiger partial charge in [-0.2, -0.15) is 0 Å². The SMILES string of the molecule is Cc1nc(CN(C)C(=O)C(N)c2cccs2)cs1. The number of thiophene rings is 1. The van der Waals surface area contributed by atoms with E-state index in [2.05, 4.69) is 4.98 Å². The number of hydrogen-bond acceptors (Lipinski definition) is 5. The Kier molecular flexibility index (Phi) is 4.11. The maximum absolute atomic E-state index is 12.1. The third kappa shape index (κ3) is 2.95. The molecule has 4 nitrogen and oxygen atoms in total. The maximum atomic E-state index is 12.1. The second-order valence-corrected chi connectivity index (χ2v) is 6.09. The number of rotatable bonds is 4. The number of nitrogens with two attached hydrogens (primary N) is 1. The molecule has 1 unspecified atom stereocenters. The minimum Gasteiger partial charge on any atom is -0.338 e. The number of carbonyl (C=O) groups is 1. The molecule has 0 fully saturated rings. The third-order valence-electron chi connectivity index (χ3n) is 2.56. The first-order valence-corrected chi connectivity index (χ1v) is 7.29. The van der Waals surface area contributed by atoms with E-state index in [0.29, 0.717) is 6.54 Å². The number of thiazole rings is 1. The normalized spacial score (nSPS) is 12.4. The van der Waals surface area contributed by atoms with Crippen molar-refractivity contribution in [3.63, 3.8) is 0 Å². The van der Waals surface area contributed by atoms with Crippen LogP contribution in [0.2, 0.25) is 0 Å². The molecule has 96 valence electrons. The van der Waals surface area contributed by atoms with E-state index in [1.165, 1.54) is 11.3 Å². The predicted octanol–water partition coefficient (Wildman–Crippen LogP) is 2.17. The van der Waals surface area contributed by atoms with Crippen molar-refractivity contribution < 1.29 is 4.79 Å². The fraction of sp³-hybridized carbons (Fsp3) is 0.333. The predicted molar refractivity (Wildman–Crippen MR) is 74.6 cm³/mol. The van der Waals surface area contributed by atoms with E-state index in [1.807, 2.05) is 29.8 Å². The molecule has 2 aromatic heterocycles. The zero-order valence-corrected chi connectivity index (χ0v) is 11.9. The van der Waals surface area contributed by atoms with Gasteiger partial charge in [0.1, 0.15) is 6.04 Å². The molecule has 0 saturated carbocycles. The zero-order valence-electron chi connectivity index (χ0n) is 10.3. The maximum Gasteiger partial charge on any atom is 0.245 e. The van der Waals surface area contributed by atoms with E-state index >= 15 is 0 Å². The first-order chi connectivity index (χ1) is 8.58. The molecule has 2 heterocycles. The summed E-state index contributed by atoms with van der Waals surface area (Å²) in [5.74, 6) is -0.0805. The minimum atomic E-state index is -0.574. The smallest absolute Gasteiger partial charge is 0.245 e. The van der Waals surface area contributed by atoms with Crippen LogP contribution in [0, 0.1) is 6.92 Å². The number of carbonyl (C=O) groups excluding carboxylic acids is 1. The topological polar surface area (TPSA) is 59.2 Å². The van der Waals surface area contributed by atoms with Crippen LogP contribution in [0.4, 0.5) is 0 Å². The summed E-state index contributed by atoms with van der Waals surface area (Å²) in [5.41, 5.74) is 6.85. The summed E-state index contributed by atoms with van der Waals surface area (Å²) < 4.78 is 0. The first-order valence-electron chi connectivity index (χ1n) is 5.53. The highest BCUT2D eigenvalue weighted by atomic mass is 32.1. The van der Waals surface area contributed by atoms with Crippen molar-refractivity contribution in [3.05, 3.63) is 38.5 Å². The second kappa shape index (κ2) is 5.60. The Labute approximate surface area is 114 Å². The molecular formula is C12H15N3OS2. The molecule has 2 N–H and O–H groups in total. The van der Waals surface area contributed by atoms with Crippen molar-refractivity contribution in [1.29, 1.82) is 0 Å². The summed E-state index contributed by atoms with van der Waals surface area (Å²) in [6.07, 6.45) is 0. The van der Waals surface area contributed by atoms with Crippen molar-refractivity contribution in [2.75, 3.05) is 7.05 Å². The molecule has 1 atom stereocenters. The van der Waals surface area contributed by atoms with E-state index in [-0.39, 0.29) is 5.91 Å². The number of nitrogens with zero attached hydrogens (tertiary/aromatic N) is 2. The van der Waals surface area contributed by atoms with Gasteiger partial charge in [0.05, 0.1) is 17.2 Å². The van der Waals surface area contributed by atoms with Gasteiger partial charge in [0.25, 0.3) is 0 Å². The molecule has 2 rings (SSSR count). The van der Waals surface area contributed by atoms with Gasteiger partial charge in [0.15, 0.2) is 0 Å². The summed E-state index contributed by atoms with van der Waals surface area (Å²) in [5, 5.41) is 4.90. The third-order valence-corrected chi connectivity index (χ3v) is 4.34. The summed E-state index contributed by atoms with van der Waals surface area (Å²) in [7, 11) is 1.75. The van der Waals surface area contributed by atoms with Crippen LogP contribution in [0.15, 0.2) is 22.9 Å². The van der Waals surface area contributed by atoms with Crippen molar-refractivity contribution in [2.45, 2.75) is 19.5 Å². The van der Waals surface area contributed by atoms with Gasteiger partial charge in [-0.25, -0.2) is 4.98 Å². The summed E-state index contributed by atoms with van der Waals surface area (Å²) in [4.78, 5) is 19.0. The largest absolute Gasteiger partial charge is 0.338 e. The van der Waals surface area contributed by atoms with Gasteiger partial charge in [-0.1, -0.05) is 6.07 Å². The number of aryl methyl sites for hydroxylation is 1. The Bertz CT molecular complexity index is 521. The van der Waals surface area contributed by atoms with Crippen LogP contribution >= 0.6 is 22.7 Å². The minimum absolute atomic E-state index is 0.0805. The Morgan fingerprint density at radius 1 is 1.56 bits per heavy atom. The van der Waals surface area contributed by atoms with Crippen LogP contribution in [-0.4, -0.2) is 22.8 Å². The van der Waals surface area contributed by atoms with Crippen LogP contribution in [-0.2, 0) is 11.3 Å². The molecule has 0 aromatic carbocycles. The molecule has 0 aliphatic heterocycles. The Hall–Kier alpha value is -1.24. The molecule has 0 radical (unpaired) electrons. The summed E-state index contributed by atoms with van der Waals surface area (Å²) >= 11 is 3.09. The van der Waals surface area contributed by atoms with Crippen molar-refractivity contribution in [1.82, 2.24) is 9.88 Å². The van der Waals surface area contributed by atoms with Gasteiger partial charge in [-0.05, 0) is 18.4 Å². The highest BCUT2D eigenvalue weighted by Gasteiger charge is 2.21. The lowest BCUT2D eigenvalue weighted by Gasteiger charge is -2.19. The van der Waals surface area contributed by atoms with E-state index in [9.17, 15) is 4.79 Å². The number of amides is 1. The second-order valence-electron chi connectivity index (χ2n) is 4.05. The zero-order chi connectivity index (χ0) is 13.1. The molecule has 6 heteroatoms. The molecule has 0 aliphatic carbocycles. The van der Waals surface area contributed by atoms with Gasteiger partial charge in [0.2, 0.25) is 5.91 Å². The number of aromatic nitrogens is 1. The quantitative estimate of drug-likeness (QED) is 0.934. The highest BCUT2D eigenvalue weighted by molar-refractivity contribution is 7.10. The lowest BCUT2D eigenvalue weighted by atomic mass is 10.2. The first kappa shape index (κ1) is 13.2. The van der Waals surface area contributed by atoms with Crippen molar-refractivity contribution in [2.24, 2.45) is 5.73 Å². The van der Waals surface area contributed by atoms with Crippen LogP contribution in [0.25, 0.3) is 0 Å². The molecule has 2 aromatic rings. The van der Waals surface area contributed by atoms with Crippen LogP contribution in [0.1, 0.15) is 21.6 Å². The molecule has 0 saturated heterocycles. The lowest BCUT2D eigenvalue weighted by molar-refractivity contribution is -0.131. The monoisotopic (exact) mass is 281 g/mol. The van der Waals surface area contributed by atoms with E-state index in [1.54, 1.807) is 23.3 Å². The average Bonchev–Trinajstić information content (AvgIpc) is 2.98. The standard InChI is InChI=1S/C12H15N3OS2/c1-8-14-9(7-18-8)6-15(2)12(16)11(13)10-4-3-5-17-10/h3-5,7,11H,6,13H2,1-2H3. The Morgan fingerprint density at radius 3 is 2.89 bits per heavy atom. The van der Waals surface area contributed by atoms with Crippen LogP contribution < -0.4 is 5.73 Å². The Balaban J connectivity index is 2.00. The van der Waals surface area contributed by atoms with Gasteiger partial charge in [-0.15, -0.1) is 22.7 Å². The van der Waals surface area contributed by atoms with Gasteiger partial charge >= 0.3 is 0 Å². The highest BCUT2D eigenvalue weighted by Crippen LogP contribution is 2.19. The van der Waals surface area contributed by atoms with Gasteiger partial charge in [0, 0.05) is 17.3 Å². The fourth-order valence-corrected chi connectivity index (χ4v) is 2.95. The number of likely N-dealkylation sites (N-methyl/N-ethyl adjacent to an activating group) is 1. The fourth-order valence-electron chi connectivity index (χ4n) is 1.63. The molecular weight excluding hydrogens is 266 g/mol. The number of hydrogen-bond donors (Lipinski definition) is 1. The lowest BCUT2D eigenvalue weighted by Crippen LogP contribution is -2.35. The van der Waals surface area contributed by atoms with E-state index < -0.39 is 6.04 Å². The Morgan fingerprint density at radius 2 is 2.33 bits per heavy atom. The van der Waals surface area contributed by atoms with Crippen LogP contribution in [0.3, 0.4) is 0 Å². The molecule has 18 heavy (non-hydrogen) atoms. The molecule has 0 aliphatic rings. The summed E-state index contributed by atoms with van der Waals surface area (Å²) in [6.45, 7) is 2.45. The van der Waals surface area contributed by atoms with Gasteiger partial charge < -0.3 is 10.6 Å².